The molecule has 0 aromatic heterocycles. The van der Waals surface area contributed by atoms with Crippen LogP contribution in [0.2, 0.25) is 0 Å². The van der Waals surface area contributed by atoms with Crippen molar-refractivity contribution in [3.63, 3.8) is 0 Å². The SMILES string of the molecule is N#Cc1cccc(NCC2OCCc3ccccc32)c1. The highest BCUT2D eigenvalue weighted by Gasteiger charge is 2.19. The zero-order valence-corrected chi connectivity index (χ0v) is 11.2. The van der Waals surface area contributed by atoms with E-state index in [0.29, 0.717) is 12.1 Å². The summed E-state index contributed by atoms with van der Waals surface area (Å²) in [4.78, 5) is 0. The molecule has 3 rings (SSSR count). The molecule has 1 unspecified atom stereocenters. The molecule has 1 aliphatic rings. The van der Waals surface area contributed by atoms with Gasteiger partial charge in [0.25, 0.3) is 0 Å². The first kappa shape index (κ1) is 12.7. The van der Waals surface area contributed by atoms with Gasteiger partial charge in [0.1, 0.15) is 0 Å². The third-order valence-corrected chi connectivity index (χ3v) is 3.58. The molecular formula is C17H16N2O. The van der Waals surface area contributed by atoms with E-state index in [1.165, 1.54) is 11.1 Å². The first-order chi connectivity index (χ1) is 9.86. The van der Waals surface area contributed by atoms with E-state index in [1.807, 2.05) is 18.2 Å². The van der Waals surface area contributed by atoms with Crippen molar-refractivity contribution in [2.45, 2.75) is 12.5 Å². The second-order valence-electron chi connectivity index (χ2n) is 4.88. The van der Waals surface area contributed by atoms with Gasteiger partial charge in [-0.05, 0) is 35.7 Å². The van der Waals surface area contributed by atoms with Gasteiger partial charge in [-0.3, -0.25) is 0 Å². The van der Waals surface area contributed by atoms with E-state index < -0.39 is 0 Å². The number of nitriles is 1. The fourth-order valence-corrected chi connectivity index (χ4v) is 2.56. The van der Waals surface area contributed by atoms with Crippen LogP contribution in [0.4, 0.5) is 5.69 Å². The average molecular weight is 264 g/mol. The summed E-state index contributed by atoms with van der Waals surface area (Å²) >= 11 is 0. The lowest BCUT2D eigenvalue weighted by Crippen LogP contribution is -2.22. The molecule has 100 valence electrons. The zero-order valence-electron chi connectivity index (χ0n) is 11.2. The quantitative estimate of drug-likeness (QED) is 0.925. The van der Waals surface area contributed by atoms with Crippen molar-refractivity contribution < 1.29 is 4.74 Å². The standard InChI is InChI=1S/C17H16N2O/c18-11-13-4-3-6-15(10-13)19-12-17-16-7-2-1-5-14(16)8-9-20-17/h1-7,10,17,19H,8-9,12H2. The van der Waals surface area contributed by atoms with Gasteiger partial charge in [-0.1, -0.05) is 30.3 Å². The highest BCUT2D eigenvalue weighted by Crippen LogP contribution is 2.27. The Morgan fingerprint density at radius 2 is 2.10 bits per heavy atom. The van der Waals surface area contributed by atoms with Gasteiger partial charge in [-0.15, -0.1) is 0 Å². The minimum absolute atomic E-state index is 0.0747. The molecule has 2 aromatic rings. The molecule has 0 saturated carbocycles. The number of nitrogens with one attached hydrogen (secondary N) is 1. The molecule has 0 bridgehead atoms. The van der Waals surface area contributed by atoms with Crippen LogP contribution in [0.25, 0.3) is 0 Å². The minimum Gasteiger partial charge on any atom is -0.382 e. The molecule has 3 heteroatoms. The molecule has 0 radical (unpaired) electrons. The summed E-state index contributed by atoms with van der Waals surface area (Å²) in [6, 6.07) is 18.1. The van der Waals surface area contributed by atoms with E-state index in [1.54, 1.807) is 6.07 Å². The summed E-state index contributed by atoms with van der Waals surface area (Å²) in [5.41, 5.74) is 4.26. The first-order valence-electron chi connectivity index (χ1n) is 6.80. The highest BCUT2D eigenvalue weighted by atomic mass is 16.5. The van der Waals surface area contributed by atoms with Crippen molar-refractivity contribution in [3.8, 4) is 6.07 Å². The van der Waals surface area contributed by atoms with Crippen LogP contribution in [-0.4, -0.2) is 13.2 Å². The molecule has 0 fully saturated rings. The van der Waals surface area contributed by atoms with Crippen LogP contribution in [0, 0.1) is 11.3 Å². The number of benzene rings is 2. The number of fused-ring (bicyclic) bond motifs is 1. The van der Waals surface area contributed by atoms with Gasteiger partial charge in [0, 0.05) is 12.2 Å². The summed E-state index contributed by atoms with van der Waals surface area (Å²) in [5.74, 6) is 0. The van der Waals surface area contributed by atoms with Crippen molar-refractivity contribution >= 4 is 5.69 Å². The Hall–Kier alpha value is -2.31. The Morgan fingerprint density at radius 1 is 1.20 bits per heavy atom. The van der Waals surface area contributed by atoms with E-state index in [9.17, 15) is 0 Å². The maximum absolute atomic E-state index is 8.91. The monoisotopic (exact) mass is 264 g/mol. The summed E-state index contributed by atoms with van der Waals surface area (Å²) in [6.45, 7) is 1.48. The minimum atomic E-state index is 0.0747. The second-order valence-corrected chi connectivity index (χ2v) is 4.88. The van der Waals surface area contributed by atoms with Crippen LogP contribution in [0.1, 0.15) is 22.8 Å². The molecule has 20 heavy (non-hydrogen) atoms. The lowest BCUT2D eigenvalue weighted by Gasteiger charge is -2.26. The molecule has 1 heterocycles. The molecule has 1 aliphatic heterocycles. The number of hydrogen-bond donors (Lipinski definition) is 1. The van der Waals surface area contributed by atoms with Crippen LogP contribution in [-0.2, 0) is 11.2 Å². The number of anilines is 1. The predicted octanol–water partition coefficient (Wildman–Crippen LogP) is 3.28. The van der Waals surface area contributed by atoms with Crippen molar-refractivity contribution in [1.82, 2.24) is 0 Å². The van der Waals surface area contributed by atoms with E-state index in [4.69, 9.17) is 10.00 Å². The van der Waals surface area contributed by atoms with Crippen LogP contribution < -0.4 is 5.32 Å². The van der Waals surface area contributed by atoms with Gasteiger partial charge in [-0.25, -0.2) is 0 Å². The molecule has 3 nitrogen and oxygen atoms in total. The third-order valence-electron chi connectivity index (χ3n) is 3.58. The van der Waals surface area contributed by atoms with Gasteiger partial charge >= 0.3 is 0 Å². The molecule has 2 aromatic carbocycles. The van der Waals surface area contributed by atoms with Gasteiger partial charge in [-0.2, -0.15) is 5.26 Å². The van der Waals surface area contributed by atoms with Gasteiger partial charge < -0.3 is 10.1 Å². The Morgan fingerprint density at radius 3 is 3.00 bits per heavy atom. The fourth-order valence-electron chi connectivity index (χ4n) is 2.56. The summed E-state index contributed by atoms with van der Waals surface area (Å²) in [5, 5.41) is 12.3. The number of nitrogens with zero attached hydrogens (tertiary/aromatic N) is 1. The molecule has 0 spiro atoms. The lowest BCUT2D eigenvalue weighted by molar-refractivity contribution is 0.0513. The van der Waals surface area contributed by atoms with Gasteiger partial charge in [0.05, 0.1) is 24.3 Å². The summed E-state index contributed by atoms with van der Waals surface area (Å²) in [6.07, 6.45) is 1.06. The van der Waals surface area contributed by atoms with Crippen LogP contribution >= 0.6 is 0 Å². The number of hydrogen-bond acceptors (Lipinski definition) is 3. The molecule has 0 aliphatic carbocycles. The van der Waals surface area contributed by atoms with E-state index >= 15 is 0 Å². The smallest absolute Gasteiger partial charge is 0.0999 e. The normalized spacial score (nSPS) is 17.1. The largest absolute Gasteiger partial charge is 0.382 e. The maximum atomic E-state index is 8.91. The molecule has 0 saturated heterocycles. The van der Waals surface area contributed by atoms with Gasteiger partial charge in [0.15, 0.2) is 0 Å². The Kier molecular flexibility index (Phi) is 3.67. The van der Waals surface area contributed by atoms with Gasteiger partial charge in [0.2, 0.25) is 0 Å². The summed E-state index contributed by atoms with van der Waals surface area (Å²) < 4.78 is 5.86. The van der Waals surface area contributed by atoms with Crippen molar-refractivity contribution in [2.75, 3.05) is 18.5 Å². The molecular weight excluding hydrogens is 248 g/mol. The average Bonchev–Trinajstić information content (AvgIpc) is 2.53. The number of ether oxygens (including phenoxy) is 1. The first-order valence-corrected chi connectivity index (χ1v) is 6.80. The zero-order chi connectivity index (χ0) is 13.8. The topological polar surface area (TPSA) is 45.0 Å². The number of rotatable bonds is 3. The van der Waals surface area contributed by atoms with Crippen LogP contribution in [0.15, 0.2) is 48.5 Å². The maximum Gasteiger partial charge on any atom is 0.0999 e. The van der Waals surface area contributed by atoms with Crippen LogP contribution in [0.3, 0.4) is 0 Å². The third kappa shape index (κ3) is 2.66. The Labute approximate surface area is 118 Å². The van der Waals surface area contributed by atoms with E-state index in [2.05, 4.69) is 35.7 Å². The molecule has 0 amide bonds. The fraction of sp³-hybridized carbons (Fsp3) is 0.235. The predicted molar refractivity (Wildman–Crippen MR) is 78.5 cm³/mol. The van der Waals surface area contributed by atoms with Crippen molar-refractivity contribution in [1.29, 1.82) is 5.26 Å². The van der Waals surface area contributed by atoms with Crippen molar-refractivity contribution in [2.24, 2.45) is 0 Å². The molecule has 1 atom stereocenters. The van der Waals surface area contributed by atoms with E-state index in [-0.39, 0.29) is 6.10 Å². The lowest BCUT2D eigenvalue weighted by atomic mass is 9.97. The van der Waals surface area contributed by atoms with E-state index in [0.717, 1.165) is 18.7 Å². The highest BCUT2D eigenvalue weighted by molar-refractivity contribution is 5.49. The van der Waals surface area contributed by atoms with Crippen molar-refractivity contribution in [3.05, 3.63) is 65.2 Å². The van der Waals surface area contributed by atoms with Crippen LogP contribution in [0.5, 0.6) is 0 Å². The second kappa shape index (κ2) is 5.77. The summed E-state index contributed by atoms with van der Waals surface area (Å²) in [7, 11) is 0. The Bertz CT molecular complexity index is 645. The molecule has 1 N–H and O–H groups in total. The Balaban J connectivity index is 1.72.